The molecule has 2 aromatic carbocycles. The van der Waals surface area contributed by atoms with E-state index in [1.165, 1.54) is 24.8 Å². The average Bonchev–Trinajstić information content (AvgIpc) is 2.66. The Kier molecular flexibility index (Phi) is 6.84. The summed E-state index contributed by atoms with van der Waals surface area (Å²) < 4.78 is 6.22. The first kappa shape index (κ1) is 19.1. The average molecular weight is 354 g/mol. The van der Waals surface area contributed by atoms with E-state index >= 15 is 0 Å². The zero-order valence-electron chi connectivity index (χ0n) is 16.0. The van der Waals surface area contributed by atoms with E-state index in [4.69, 9.17) is 4.74 Å². The van der Waals surface area contributed by atoms with Crippen LogP contribution < -0.4 is 0 Å². The molecule has 1 N–H and O–H groups in total. The van der Waals surface area contributed by atoms with Crippen LogP contribution in [0.5, 0.6) is 0 Å². The molecule has 3 nitrogen and oxygen atoms in total. The lowest BCUT2D eigenvalue weighted by Gasteiger charge is -2.34. The molecule has 0 amide bonds. The summed E-state index contributed by atoms with van der Waals surface area (Å²) in [7, 11) is 0. The van der Waals surface area contributed by atoms with Crippen LogP contribution in [0.4, 0.5) is 0 Å². The number of aliphatic hydroxyl groups is 1. The first-order valence-electron chi connectivity index (χ1n) is 9.78. The predicted molar refractivity (Wildman–Crippen MR) is 106 cm³/mol. The number of likely N-dealkylation sites (tertiary alicyclic amines) is 1. The number of piperidine rings is 1. The summed E-state index contributed by atoms with van der Waals surface area (Å²) in [6.07, 6.45) is 3.14. The fourth-order valence-electron chi connectivity index (χ4n) is 3.71. The molecule has 2 aromatic rings. The molecule has 3 rings (SSSR count). The Morgan fingerprint density at radius 3 is 2.42 bits per heavy atom. The van der Waals surface area contributed by atoms with Gasteiger partial charge in [0.2, 0.25) is 0 Å². The highest BCUT2D eigenvalue weighted by Crippen LogP contribution is 2.26. The number of benzene rings is 2. The third kappa shape index (κ3) is 5.16. The summed E-state index contributed by atoms with van der Waals surface area (Å²) in [5, 5.41) is 10.5. The second-order valence-electron chi connectivity index (χ2n) is 7.53. The summed E-state index contributed by atoms with van der Waals surface area (Å²) in [4.78, 5) is 2.39. The van der Waals surface area contributed by atoms with Crippen LogP contribution in [0.1, 0.15) is 49.0 Å². The lowest BCUT2D eigenvalue weighted by atomic mass is 10.0. The smallest absolute Gasteiger partial charge is 0.108 e. The van der Waals surface area contributed by atoms with E-state index in [9.17, 15) is 5.11 Å². The largest absolute Gasteiger partial charge is 0.389 e. The highest BCUT2D eigenvalue weighted by atomic mass is 16.5. The Morgan fingerprint density at radius 1 is 1.04 bits per heavy atom. The fourth-order valence-corrected chi connectivity index (χ4v) is 3.71. The second kappa shape index (κ2) is 9.31. The van der Waals surface area contributed by atoms with Crippen molar-refractivity contribution < 1.29 is 9.84 Å². The molecule has 0 unspecified atom stereocenters. The molecule has 1 aliphatic heterocycles. The van der Waals surface area contributed by atoms with Crippen molar-refractivity contribution in [1.82, 2.24) is 4.90 Å². The number of nitrogens with zero attached hydrogens (tertiary/aromatic N) is 1. The number of aliphatic hydroxyl groups excluding tert-OH is 1. The fraction of sp³-hybridized carbons (Fsp3) is 0.478. The number of aryl methyl sites for hydroxylation is 1. The van der Waals surface area contributed by atoms with E-state index in [-0.39, 0.29) is 6.10 Å². The number of hydrogen-bond donors (Lipinski definition) is 1. The molecule has 0 spiro atoms. The van der Waals surface area contributed by atoms with Crippen molar-refractivity contribution in [3.05, 3.63) is 71.3 Å². The van der Waals surface area contributed by atoms with Crippen LogP contribution >= 0.6 is 0 Å². The zero-order valence-corrected chi connectivity index (χ0v) is 16.0. The molecule has 3 atom stereocenters. The van der Waals surface area contributed by atoms with Crippen molar-refractivity contribution in [3.8, 4) is 0 Å². The van der Waals surface area contributed by atoms with Crippen LogP contribution in [0.2, 0.25) is 0 Å². The number of β-amino-alcohol motifs (C(OH)–C–C–N with tert-alkyl or cyclic N) is 1. The van der Waals surface area contributed by atoms with Crippen LogP contribution in [0.25, 0.3) is 0 Å². The molecular weight excluding hydrogens is 322 g/mol. The maximum absolute atomic E-state index is 10.5. The van der Waals surface area contributed by atoms with Gasteiger partial charge in [0, 0.05) is 12.6 Å². The van der Waals surface area contributed by atoms with Crippen molar-refractivity contribution in [2.75, 3.05) is 19.7 Å². The maximum atomic E-state index is 10.5. The van der Waals surface area contributed by atoms with Crippen molar-refractivity contribution in [1.29, 1.82) is 0 Å². The Bertz CT molecular complexity index is 656. The van der Waals surface area contributed by atoms with E-state index < -0.39 is 6.10 Å². The van der Waals surface area contributed by atoms with Gasteiger partial charge in [0.1, 0.15) is 6.10 Å². The SMILES string of the molecule is Cc1ccc([C@H](OC[C@@H](O)CN2CCCC[C@@H]2C)c2ccccc2)cc1. The summed E-state index contributed by atoms with van der Waals surface area (Å²) in [6, 6.07) is 19.3. The van der Waals surface area contributed by atoms with Crippen molar-refractivity contribution in [2.45, 2.75) is 51.4 Å². The van der Waals surface area contributed by atoms with Gasteiger partial charge in [-0.25, -0.2) is 0 Å². The summed E-state index contributed by atoms with van der Waals surface area (Å²) in [5.41, 5.74) is 3.48. The van der Waals surface area contributed by atoms with Gasteiger partial charge in [-0.1, -0.05) is 66.6 Å². The Morgan fingerprint density at radius 2 is 1.73 bits per heavy atom. The Balaban J connectivity index is 1.65. The zero-order chi connectivity index (χ0) is 18.4. The van der Waals surface area contributed by atoms with E-state index in [1.54, 1.807) is 0 Å². The molecule has 3 heteroatoms. The van der Waals surface area contributed by atoms with Crippen molar-refractivity contribution in [3.63, 3.8) is 0 Å². The van der Waals surface area contributed by atoms with E-state index in [2.05, 4.69) is 55.1 Å². The number of ether oxygens (including phenoxy) is 1. The number of hydrogen-bond acceptors (Lipinski definition) is 3. The molecule has 0 aromatic heterocycles. The van der Waals surface area contributed by atoms with Crippen molar-refractivity contribution >= 4 is 0 Å². The summed E-state index contributed by atoms with van der Waals surface area (Å²) in [6.45, 7) is 6.46. The lowest BCUT2D eigenvalue weighted by Crippen LogP contribution is -2.43. The van der Waals surface area contributed by atoms with E-state index in [1.807, 2.05) is 18.2 Å². The van der Waals surface area contributed by atoms with Gasteiger partial charge in [0.05, 0.1) is 12.7 Å². The normalized spacial score (nSPS) is 20.7. The standard InChI is InChI=1S/C23H31NO2/c1-18-11-13-21(14-12-18)23(20-9-4-3-5-10-20)26-17-22(25)16-24-15-7-6-8-19(24)2/h3-5,9-14,19,22-23,25H,6-8,15-17H2,1-2H3/t19-,22-,23+/m0/s1. The molecule has 1 heterocycles. The summed E-state index contributed by atoms with van der Waals surface area (Å²) in [5.74, 6) is 0. The first-order chi connectivity index (χ1) is 12.6. The topological polar surface area (TPSA) is 32.7 Å². The molecule has 0 radical (unpaired) electrons. The van der Waals surface area contributed by atoms with Gasteiger partial charge in [-0.05, 0) is 44.4 Å². The third-order valence-corrected chi connectivity index (χ3v) is 5.32. The molecule has 140 valence electrons. The van der Waals surface area contributed by atoms with Gasteiger partial charge < -0.3 is 9.84 Å². The lowest BCUT2D eigenvalue weighted by molar-refractivity contribution is -0.0169. The van der Waals surface area contributed by atoms with Crippen LogP contribution in [0.15, 0.2) is 54.6 Å². The molecule has 1 saturated heterocycles. The first-order valence-corrected chi connectivity index (χ1v) is 9.78. The highest BCUT2D eigenvalue weighted by Gasteiger charge is 2.22. The van der Waals surface area contributed by atoms with Crippen LogP contribution in [0, 0.1) is 6.92 Å². The van der Waals surface area contributed by atoms with Crippen LogP contribution in [0.3, 0.4) is 0 Å². The van der Waals surface area contributed by atoms with Gasteiger partial charge >= 0.3 is 0 Å². The summed E-state index contributed by atoms with van der Waals surface area (Å²) >= 11 is 0. The van der Waals surface area contributed by atoms with Crippen molar-refractivity contribution in [2.24, 2.45) is 0 Å². The minimum atomic E-state index is -0.466. The quantitative estimate of drug-likeness (QED) is 0.804. The molecular formula is C23H31NO2. The van der Waals surface area contributed by atoms with Gasteiger partial charge in [0.25, 0.3) is 0 Å². The van der Waals surface area contributed by atoms with Gasteiger partial charge in [-0.15, -0.1) is 0 Å². The minimum absolute atomic E-state index is 0.148. The molecule has 0 aliphatic carbocycles. The van der Waals surface area contributed by atoms with Gasteiger partial charge in [0.15, 0.2) is 0 Å². The Hall–Kier alpha value is -1.68. The second-order valence-corrected chi connectivity index (χ2v) is 7.53. The molecule has 0 saturated carbocycles. The molecule has 1 aliphatic rings. The Labute approximate surface area is 157 Å². The predicted octanol–water partition coefficient (Wildman–Crippen LogP) is 4.34. The number of rotatable bonds is 7. The minimum Gasteiger partial charge on any atom is -0.389 e. The maximum Gasteiger partial charge on any atom is 0.108 e. The molecule has 26 heavy (non-hydrogen) atoms. The molecule has 0 bridgehead atoms. The van der Waals surface area contributed by atoms with E-state index in [0.717, 1.165) is 17.7 Å². The molecule has 1 fully saturated rings. The van der Waals surface area contributed by atoms with E-state index in [0.29, 0.717) is 19.2 Å². The van der Waals surface area contributed by atoms with Crippen LogP contribution in [-0.4, -0.2) is 41.8 Å². The highest BCUT2D eigenvalue weighted by molar-refractivity contribution is 5.31. The van der Waals surface area contributed by atoms with Gasteiger partial charge in [-0.3, -0.25) is 4.90 Å². The van der Waals surface area contributed by atoms with Crippen LogP contribution in [-0.2, 0) is 4.74 Å². The third-order valence-electron chi connectivity index (χ3n) is 5.32. The van der Waals surface area contributed by atoms with Gasteiger partial charge in [-0.2, -0.15) is 0 Å². The monoisotopic (exact) mass is 353 g/mol.